The van der Waals surface area contributed by atoms with Gasteiger partial charge in [0.1, 0.15) is 5.75 Å². The number of allylic oxidation sites excluding steroid dienone is 1. The second kappa shape index (κ2) is 7.10. The number of piperidine rings is 1. The third-order valence-corrected chi connectivity index (χ3v) is 4.77. The number of ether oxygens (including phenoxy) is 1. The molecule has 2 aliphatic rings. The van der Waals surface area contributed by atoms with Gasteiger partial charge in [-0.05, 0) is 56.0 Å². The lowest BCUT2D eigenvalue weighted by molar-refractivity contribution is -0.114. The molecule has 0 N–H and O–H groups in total. The van der Waals surface area contributed by atoms with Crippen molar-refractivity contribution in [3.8, 4) is 5.75 Å². The SMILES string of the molecule is COc1ccccc1/C=C1\CC(CN2CCCCC2)CC1=O. The molecule has 1 saturated carbocycles. The third kappa shape index (κ3) is 3.58. The topological polar surface area (TPSA) is 29.5 Å². The molecule has 0 amide bonds. The van der Waals surface area contributed by atoms with Gasteiger partial charge < -0.3 is 9.64 Å². The van der Waals surface area contributed by atoms with Gasteiger partial charge in [0.2, 0.25) is 0 Å². The van der Waals surface area contributed by atoms with E-state index in [1.807, 2.05) is 30.3 Å². The standard InChI is InChI=1S/C19H25NO2/c1-22-19-8-4-3-7-16(19)13-17-11-15(12-18(17)21)14-20-9-5-2-6-10-20/h3-4,7-8,13,15H,2,5-6,9-12,14H2,1H3/b17-13+. The Labute approximate surface area is 133 Å². The number of rotatable bonds is 4. The number of ketones is 1. The van der Waals surface area contributed by atoms with Gasteiger partial charge in [0.15, 0.2) is 5.78 Å². The predicted octanol–water partition coefficient (Wildman–Crippen LogP) is 3.54. The Hall–Kier alpha value is -1.61. The van der Waals surface area contributed by atoms with Crippen LogP contribution in [0, 0.1) is 5.92 Å². The van der Waals surface area contributed by atoms with Crippen molar-refractivity contribution >= 4 is 11.9 Å². The van der Waals surface area contributed by atoms with Gasteiger partial charge in [-0.3, -0.25) is 4.79 Å². The summed E-state index contributed by atoms with van der Waals surface area (Å²) in [6.45, 7) is 3.49. The fourth-order valence-electron chi connectivity index (χ4n) is 3.64. The quantitative estimate of drug-likeness (QED) is 0.796. The molecule has 0 radical (unpaired) electrons. The zero-order valence-corrected chi connectivity index (χ0v) is 13.4. The summed E-state index contributed by atoms with van der Waals surface area (Å²) in [5.74, 6) is 1.64. The predicted molar refractivity (Wildman–Crippen MR) is 89.0 cm³/mol. The van der Waals surface area contributed by atoms with E-state index >= 15 is 0 Å². The fraction of sp³-hybridized carbons (Fsp3) is 0.526. The molecule has 1 heterocycles. The van der Waals surface area contributed by atoms with Gasteiger partial charge in [-0.2, -0.15) is 0 Å². The van der Waals surface area contributed by atoms with Crippen molar-refractivity contribution in [1.82, 2.24) is 4.90 Å². The van der Waals surface area contributed by atoms with Gasteiger partial charge in [-0.15, -0.1) is 0 Å². The van der Waals surface area contributed by atoms with Gasteiger partial charge in [-0.25, -0.2) is 0 Å². The van der Waals surface area contributed by atoms with E-state index < -0.39 is 0 Å². The summed E-state index contributed by atoms with van der Waals surface area (Å²) in [5.41, 5.74) is 1.97. The molecule has 1 aliphatic heterocycles. The first-order chi connectivity index (χ1) is 10.8. The van der Waals surface area contributed by atoms with Crippen molar-refractivity contribution in [2.45, 2.75) is 32.1 Å². The van der Waals surface area contributed by atoms with Crippen LogP contribution in [0.4, 0.5) is 0 Å². The summed E-state index contributed by atoms with van der Waals surface area (Å²) >= 11 is 0. The average molecular weight is 299 g/mol. The summed E-state index contributed by atoms with van der Waals surface area (Å²) in [4.78, 5) is 14.8. The Balaban J connectivity index is 1.67. The minimum absolute atomic E-state index is 0.313. The van der Waals surface area contributed by atoms with E-state index in [4.69, 9.17) is 4.74 Å². The number of carbonyl (C=O) groups is 1. The highest BCUT2D eigenvalue weighted by Gasteiger charge is 2.29. The van der Waals surface area contributed by atoms with Crippen LogP contribution < -0.4 is 4.74 Å². The molecule has 1 unspecified atom stereocenters. The molecule has 0 spiro atoms. The second-order valence-corrected chi connectivity index (χ2v) is 6.47. The number of methoxy groups -OCH3 is 1. The van der Waals surface area contributed by atoms with Gasteiger partial charge in [0.25, 0.3) is 0 Å². The van der Waals surface area contributed by atoms with Crippen LogP contribution in [0.2, 0.25) is 0 Å². The van der Waals surface area contributed by atoms with Gasteiger partial charge >= 0.3 is 0 Å². The highest BCUT2D eigenvalue weighted by Crippen LogP contribution is 2.32. The lowest BCUT2D eigenvalue weighted by Gasteiger charge is -2.28. The van der Waals surface area contributed by atoms with Crippen LogP contribution >= 0.6 is 0 Å². The van der Waals surface area contributed by atoms with Crippen molar-refractivity contribution < 1.29 is 9.53 Å². The molecule has 0 aromatic heterocycles. The first-order valence-corrected chi connectivity index (χ1v) is 8.35. The summed E-state index contributed by atoms with van der Waals surface area (Å²) in [5, 5.41) is 0. The molecular weight excluding hydrogens is 274 g/mol. The van der Waals surface area contributed by atoms with Crippen molar-refractivity contribution in [3.63, 3.8) is 0 Å². The van der Waals surface area contributed by atoms with E-state index in [0.717, 1.165) is 29.9 Å². The molecule has 1 aromatic rings. The summed E-state index contributed by atoms with van der Waals surface area (Å²) < 4.78 is 5.38. The largest absolute Gasteiger partial charge is 0.496 e. The number of hydrogen-bond donors (Lipinski definition) is 0. The minimum atomic E-state index is 0.313. The van der Waals surface area contributed by atoms with Crippen LogP contribution in [-0.2, 0) is 4.79 Å². The number of para-hydroxylation sites is 1. The number of carbonyl (C=O) groups excluding carboxylic acids is 1. The normalized spacial score (nSPS) is 24.9. The molecule has 1 saturated heterocycles. The van der Waals surface area contributed by atoms with Crippen molar-refractivity contribution in [2.75, 3.05) is 26.7 Å². The molecule has 2 fully saturated rings. The summed E-state index contributed by atoms with van der Waals surface area (Å²) in [6.07, 6.45) is 7.62. The number of likely N-dealkylation sites (tertiary alicyclic amines) is 1. The first kappa shape index (κ1) is 15.3. The van der Waals surface area contributed by atoms with Gasteiger partial charge in [-0.1, -0.05) is 24.6 Å². The zero-order valence-electron chi connectivity index (χ0n) is 13.4. The molecule has 3 heteroatoms. The molecular formula is C19H25NO2. The van der Waals surface area contributed by atoms with E-state index in [1.54, 1.807) is 7.11 Å². The van der Waals surface area contributed by atoms with E-state index in [2.05, 4.69) is 4.90 Å². The molecule has 1 aromatic carbocycles. The minimum Gasteiger partial charge on any atom is -0.496 e. The Bertz CT molecular complexity index is 558. The lowest BCUT2D eigenvalue weighted by Crippen LogP contribution is -2.33. The second-order valence-electron chi connectivity index (χ2n) is 6.47. The Morgan fingerprint density at radius 2 is 1.95 bits per heavy atom. The summed E-state index contributed by atoms with van der Waals surface area (Å²) in [7, 11) is 1.67. The number of hydrogen-bond acceptors (Lipinski definition) is 3. The van der Waals surface area contributed by atoms with Crippen LogP contribution in [0.15, 0.2) is 29.8 Å². The van der Waals surface area contributed by atoms with Gasteiger partial charge in [0, 0.05) is 18.5 Å². The molecule has 3 nitrogen and oxygen atoms in total. The maximum absolute atomic E-state index is 12.3. The van der Waals surface area contributed by atoms with Crippen molar-refractivity contribution in [3.05, 3.63) is 35.4 Å². The van der Waals surface area contributed by atoms with E-state index in [1.165, 1.54) is 32.4 Å². The number of benzene rings is 1. The smallest absolute Gasteiger partial charge is 0.159 e. The van der Waals surface area contributed by atoms with Crippen LogP contribution in [0.5, 0.6) is 5.75 Å². The highest BCUT2D eigenvalue weighted by molar-refractivity contribution is 6.02. The third-order valence-electron chi connectivity index (χ3n) is 4.77. The van der Waals surface area contributed by atoms with Crippen LogP contribution in [-0.4, -0.2) is 37.4 Å². The van der Waals surface area contributed by atoms with E-state index in [0.29, 0.717) is 18.1 Å². The average Bonchev–Trinajstić information content (AvgIpc) is 2.88. The Kier molecular flexibility index (Phi) is 4.94. The molecule has 1 atom stereocenters. The first-order valence-electron chi connectivity index (χ1n) is 8.35. The van der Waals surface area contributed by atoms with Gasteiger partial charge in [0.05, 0.1) is 7.11 Å². The summed E-state index contributed by atoms with van der Waals surface area (Å²) in [6, 6.07) is 7.89. The van der Waals surface area contributed by atoms with Crippen LogP contribution in [0.3, 0.4) is 0 Å². The maximum Gasteiger partial charge on any atom is 0.159 e. The van der Waals surface area contributed by atoms with Crippen LogP contribution in [0.25, 0.3) is 6.08 Å². The Morgan fingerprint density at radius 3 is 2.73 bits per heavy atom. The molecule has 1 aliphatic carbocycles. The fourth-order valence-corrected chi connectivity index (χ4v) is 3.64. The molecule has 118 valence electrons. The lowest BCUT2D eigenvalue weighted by atomic mass is 10.0. The van der Waals surface area contributed by atoms with E-state index in [9.17, 15) is 4.79 Å². The monoisotopic (exact) mass is 299 g/mol. The highest BCUT2D eigenvalue weighted by atomic mass is 16.5. The molecule has 22 heavy (non-hydrogen) atoms. The Morgan fingerprint density at radius 1 is 1.18 bits per heavy atom. The number of Topliss-reactive ketones (excluding diaryl/α,β-unsaturated/α-hetero) is 1. The van der Waals surface area contributed by atoms with Crippen molar-refractivity contribution in [2.24, 2.45) is 5.92 Å². The van der Waals surface area contributed by atoms with Crippen molar-refractivity contribution in [1.29, 1.82) is 0 Å². The van der Waals surface area contributed by atoms with E-state index in [-0.39, 0.29) is 0 Å². The van der Waals surface area contributed by atoms with Crippen LogP contribution in [0.1, 0.15) is 37.7 Å². The maximum atomic E-state index is 12.3. The number of nitrogens with zero attached hydrogens (tertiary/aromatic N) is 1. The molecule has 3 rings (SSSR count). The molecule has 0 bridgehead atoms. The zero-order chi connectivity index (χ0) is 15.4.